The molecule has 0 radical (unpaired) electrons. The van der Waals surface area contributed by atoms with Crippen molar-refractivity contribution in [3.63, 3.8) is 0 Å². The maximum Gasteiger partial charge on any atom is 0.0893 e. The van der Waals surface area contributed by atoms with E-state index in [4.69, 9.17) is 4.99 Å². The number of hydrogen-bond acceptors (Lipinski definition) is 3. The molecule has 24 heavy (non-hydrogen) atoms. The maximum absolute atomic E-state index is 5.15. The van der Waals surface area contributed by atoms with Crippen LogP contribution in [0, 0.1) is 0 Å². The second-order valence-electron chi connectivity index (χ2n) is 6.92. The Morgan fingerprint density at radius 3 is 2.50 bits per heavy atom. The molecule has 0 fully saturated rings. The Balaban J connectivity index is 1.94. The highest BCUT2D eigenvalue weighted by molar-refractivity contribution is 6.15. The number of benzene rings is 2. The minimum Gasteiger partial charge on any atom is -0.277 e. The Morgan fingerprint density at radius 2 is 1.71 bits per heavy atom. The third-order valence-electron chi connectivity index (χ3n) is 5.00. The van der Waals surface area contributed by atoms with Crippen molar-refractivity contribution < 1.29 is 0 Å². The first-order valence-electron chi connectivity index (χ1n) is 8.50. The van der Waals surface area contributed by atoms with E-state index < -0.39 is 0 Å². The van der Waals surface area contributed by atoms with Gasteiger partial charge in [-0.15, -0.1) is 0 Å². The molecule has 1 aliphatic heterocycles. The van der Waals surface area contributed by atoms with Gasteiger partial charge in [-0.1, -0.05) is 37.3 Å². The molecule has 0 aliphatic carbocycles. The van der Waals surface area contributed by atoms with E-state index in [0.29, 0.717) is 5.92 Å². The lowest BCUT2D eigenvalue weighted by Gasteiger charge is -2.37. The Bertz CT molecular complexity index is 940. The first-order valence-corrected chi connectivity index (χ1v) is 8.50. The highest BCUT2D eigenvalue weighted by atomic mass is 14.9. The smallest absolute Gasteiger partial charge is 0.0893 e. The van der Waals surface area contributed by atoms with E-state index in [1.54, 1.807) is 12.4 Å². The lowest BCUT2D eigenvalue weighted by Crippen LogP contribution is -2.34. The number of nitrogens with zero attached hydrogens (tertiary/aromatic N) is 3. The molecule has 120 valence electrons. The Morgan fingerprint density at radius 1 is 0.958 bits per heavy atom. The molecule has 0 spiro atoms. The topological polar surface area (TPSA) is 38.1 Å². The van der Waals surface area contributed by atoms with E-state index in [1.807, 2.05) is 6.07 Å². The summed E-state index contributed by atoms with van der Waals surface area (Å²) in [6.07, 6.45) is 4.55. The van der Waals surface area contributed by atoms with Crippen molar-refractivity contribution >= 4 is 16.7 Å². The van der Waals surface area contributed by atoms with Gasteiger partial charge in [0, 0.05) is 29.4 Å². The van der Waals surface area contributed by atoms with Crippen LogP contribution in [0.5, 0.6) is 0 Å². The summed E-state index contributed by atoms with van der Waals surface area (Å²) >= 11 is 0. The zero-order valence-electron chi connectivity index (χ0n) is 14.3. The zero-order chi connectivity index (χ0) is 16.7. The maximum atomic E-state index is 5.15. The molecule has 0 saturated heterocycles. The van der Waals surface area contributed by atoms with Crippen LogP contribution in [0.4, 0.5) is 0 Å². The molecule has 2 aromatic carbocycles. The van der Waals surface area contributed by atoms with Crippen molar-refractivity contribution in [3.8, 4) is 0 Å². The molecule has 1 aliphatic rings. The fourth-order valence-corrected chi connectivity index (χ4v) is 3.87. The molecule has 0 saturated carbocycles. The predicted molar refractivity (Wildman–Crippen MR) is 98.7 cm³/mol. The lowest BCUT2D eigenvalue weighted by atomic mass is 9.74. The van der Waals surface area contributed by atoms with Crippen LogP contribution in [-0.2, 0) is 0 Å². The number of hydrogen-bond donors (Lipinski definition) is 0. The molecule has 0 amide bonds. The van der Waals surface area contributed by atoms with Crippen LogP contribution in [-0.4, -0.2) is 21.2 Å². The lowest BCUT2D eigenvalue weighted by molar-refractivity contribution is 0.398. The fraction of sp³-hybridized carbons (Fsp3) is 0.286. The molecule has 1 unspecified atom stereocenters. The van der Waals surface area contributed by atoms with Crippen molar-refractivity contribution in [2.75, 3.05) is 0 Å². The number of rotatable bonds is 2. The van der Waals surface area contributed by atoms with Gasteiger partial charge in [-0.2, -0.15) is 0 Å². The van der Waals surface area contributed by atoms with Crippen LogP contribution < -0.4 is 0 Å². The van der Waals surface area contributed by atoms with Gasteiger partial charge in [0.25, 0.3) is 0 Å². The quantitative estimate of drug-likeness (QED) is 0.684. The summed E-state index contributed by atoms with van der Waals surface area (Å²) in [6.45, 7) is 6.71. The molecule has 0 N–H and O–H groups in total. The van der Waals surface area contributed by atoms with Gasteiger partial charge in [0.05, 0.1) is 22.3 Å². The Hall–Kier alpha value is -2.55. The standard InChI is InChI=1S/C21H21N3/c1-4-17-15-7-5-6-8-16(15)20(24-21(17,2)3)14-9-10-18-19(13-14)23-12-11-22-18/h5-13,17H,4H2,1-3H3. The normalized spacial score (nSPS) is 19.0. The molecule has 3 aromatic rings. The Kier molecular flexibility index (Phi) is 3.45. The minimum absolute atomic E-state index is 0.115. The van der Waals surface area contributed by atoms with Crippen molar-refractivity contribution in [2.45, 2.75) is 38.6 Å². The summed E-state index contributed by atoms with van der Waals surface area (Å²) in [5.74, 6) is 0.442. The molecule has 3 heteroatoms. The largest absolute Gasteiger partial charge is 0.277 e. The molecule has 3 nitrogen and oxygen atoms in total. The molecule has 1 aromatic heterocycles. The van der Waals surface area contributed by atoms with Gasteiger partial charge >= 0.3 is 0 Å². The second-order valence-corrected chi connectivity index (χ2v) is 6.92. The summed E-state index contributed by atoms with van der Waals surface area (Å²) in [5.41, 5.74) is 6.52. The first-order chi connectivity index (χ1) is 11.6. The van der Waals surface area contributed by atoms with Crippen LogP contribution >= 0.6 is 0 Å². The monoisotopic (exact) mass is 315 g/mol. The highest BCUT2D eigenvalue weighted by Crippen LogP contribution is 2.41. The molecule has 2 heterocycles. The van der Waals surface area contributed by atoms with E-state index in [9.17, 15) is 0 Å². The highest BCUT2D eigenvalue weighted by Gasteiger charge is 2.35. The van der Waals surface area contributed by atoms with Gasteiger partial charge in [0.2, 0.25) is 0 Å². The van der Waals surface area contributed by atoms with Gasteiger partial charge < -0.3 is 0 Å². The van der Waals surface area contributed by atoms with Crippen LogP contribution in [0.1, 0.15) is 49.8 Å². The SMILES string of the molecule is CCC1c2ccccc2C(c2ccc3nccnc3c2)=NC1(C)C. The van der Waals surface area contributed by atoms with Crippen LogP contribution in [0.3, 0.4) is 0 Å². The molecule has 1 atom stereocenters. The number of fused-ring (bicyclic) bond motifs is 2. The van der Waals surface area contributed by atoms with Crippen molar-refractivity contribution in [1.29, 1.82) is 0 Å². The second kappa shape index (κ2) is 5.52. The predicted octanol–water partition coefficient (Wildman–Crippen LogP) is 4.75. The zero-order valence-corrected chi connectivity index (χ0v) is 14.3. The summed E-state index contributed by atoms with van der Waals surface area (Å²) < 4.78 is 0. The Labute approximate surface area is 142 Å². The summed E-state index contributed by atoms with van der Waals surface area (Å²) in [7, 11) is 0. The van der Waals surface area contributed by atoms with Crippen LogP contribution in [0.25, 0.3) is 11.0 Å². The summed E-state index contributed by atoms with van der Waals surface area (Å²) in [5, 5.41) is 0. The van der Waals surface area contributed by atoms with Gasteiger partial charge in [-0.05, 0) is 38.0 Å². The van der Waals surface area contributed by atoms with Gasteiger partial charge in [-0.3, -0.25) is 15.0 Å². The molecular formula is C21H21N3. The van der Waals surface area contributed by atoms with Gasteiger partial charge in [0.15, 0.2) is 0 Å². The molecule has 4 rings (SSSR count). The van der Waals surface area contributed by atoms with E-state index in [2.05, 4.69) is 67.1 Å². The van der Waals surface area contributed by atoms with Crippen LogP contribution in [0.2, 0.25) is 0 Å². The molecule has 0 bridgehead atoms. The average molecular weight is 315 g/mol. The van der Waals surface area contributed by atoms with Crippen LogP contribution in [0.15, 0.2) is 59.9 Å². The van der Waals surface area contributed by atoms with E-state index in [1.165, 1.54) is 11.1 Å². The third kappa shape index (κ3) is 2.32. The van der Waals surface area contributed by atoms with Crippen molar-refractivity contribution in [3.05, 3.63) is 71.5 Å². The summed E-state index contributed by atoms with van der Waals surface area (Å²) in [6, 6.07) is 14.9. The minimum atomic E-state index is -0.115. The van der Waals surface area contributed by atoms with Crippen molar-refractivity contribution in [1.82, 2.24) is 9.97 Å². The number of aromatic nitrogens is 2. The van der Waals surface area contributed by atoms with Crippen molar-refractivity contribution in [2.24, 2.45) is 4.99 Å². The van der Waals surface area contributed by atoms with E-state index in [-0.39, 0.29) is 5.54 Å². The van der Waals surface area contributed by atoms with Gasteiger partial charge in [0.1, 0.15) is 0 Å². The van der Waals surface area contributed by atoms with E-state index >= 15 is 0 Å². The third-order valence-corrected chi connectivity index (χ3v) is 5.00. The fourth-order valence-electron chi connectivity index (χ4n) is 3.87. The van der Waals surface area contributed by atoms with E-state index in [0.717, 1.165) is 28.7 Å². The average Bonchev–Trinajstić information content (AvgIpc) is 2.60. The first kappa shape index (κ1) is 15.0. The summed E-state index contributed by atoms with van der Waals surface area (Å²) in [4.78, 5) is 14.0. The number of aliphatic imine (C=N–C) groups is 1. The molecular weight excluding hydrogens is 294 g/mol. The van der Waals surface area contributed by atoms with Gasteiger partial charge in [-0.25, -0.2) is 0 Å².